The Morgan fingerprint density at radius 2 is 0.953 bits per heavy atom. The van der Waals surface area contributed by atoms with Gasteiger partial charge in [0.05, 0.1) is 25.4 Å². The van der Waals surface area contributed by atoms with E-state index >= 15 is 0 Å². The zero-order valence-corrected chi connectivity index (χ0v) is 24.2. The monoisotopic (exact) mass is 664 g/mol. The SMILES string of the molecule is [Cl-].[Cl-].[NH3+]c1c(NC[C@H](O)[C@H](O)[C@H](O)CO)[nH]c(=O)n(CCCn2c(=O)[nH]c(NC[C@H](O)[C@H](O)[C@H](O)CO)c([NH3+])c2=O)c1=O. The van der Waals surface area contributed by atoms with Crippen molar-refractivity contribution in [1.82, 2.24) is 19.1 Å². The molecule has 2 heterocycles. The molecule has 0 aromatic carbocycles. The molecule has 0 spiro atoms. The fraction of sp³-hybridized carbons (Fsp3) is 0.619. The lowest BCUT2D eigenvalue weighted by Crippen LogP contribution is -3.00. The Kier molecular flexibility index (Phi) is 16.9. The normalized spacial score (nSPS) is 15.3. The van der Waals surface area contributed by atoms with E-state index in [0.717, 1.165) is 9.13 Å². The molecule has 2 aromatic rings. The second-order valence-corrected chi connectivity index (χ2v) is 9.21. The minimum absolute atomic E-state index is 0. The van der Waals surface area contributed by atoms with Gasteiger partial charge in [0.2, 0.25) is 11.4 Å². The lowest BCUT2D eigenvalue weighted by molar-refractivity contribution is -0.256. The minimum atomic E-state index is -1.70. The van der Waals surface area contributed by atoms with Gasteiger partial charge in [0, 0.05) is 26.2 Å². The van der Waals surface area contributed by atoms with Crippen molar-refractivity contribution in [2.75, 3.05) is 36.9 Å². The highest BCUT2D eigenvalue weighted by Gasteiger charge is 2.26. The molecule has 20 nitrogen and oxygen atoms in total. The van der Waals surface area contributed by atoms with Gasteiger partial charge >= 0.3 is 22.5 Å². The molecule has 248 valence electrons. The fourth-order valence-corrected chi connectivity index (χ4v) is 3.70. The van der Waals surface area contributed by atoms with Crippen molar-refractivity contribution in [1.29, 1.82) is 0 Å². The molecule has 0 aliphatic heterocycles. The number of aromatic amines is 2. The van der Waals surface area contributed by atoms with Crippen LogP contribution in [0.5, 0.6) is 0 Å². The molecular formula is C21H38Cl2N8O12. The first-order valence-corrected chi connectivity index (χ1v) is 12.4. The van der Waals surface area contributed by atoms with Crippen molar-refractivity contribution < 1.29 is 77.1 Å². The molecule has 0 aliphatic rings. The number of rotatable bonds is 16. The van der Waals surface area contributed by atoms with Crippen LogP contribution in [-0.2, 0) is 13.1 Å². The van der Waals surface area contributed by atoms with Gasteiger partial charge in [-0.15, -0.1) is 0 Å². The number of hydrogen-bond acceptors (Lipinski definition) is 14. The van der Waals surface area contributed by atoms with Gasteiger partial charge in [-0.05, 0) is 6.42 Å². The molecule has 0 bridgehead atoms. The van der Waals surface area contributed by atoms with Gasteiger partial charge in [0.15, 0.2) is 11.6 Å². The Morgan fingerprint density at radius 3 is 1.26 bits per heavy atom. The molecule has 0 amide bonds. The summed E-state index contributed by atoms with van der Waals surface area (Å²) in [6.07, 6.45) is -9.77. The Bertz CT molecular complexity index is 1300. The van der Waals surface area contributed by atoms with Crippen LogP contribution >= 0.6 is 0 Å². The van der Waals surface area contributed by atoms with E-state index in [4.69, 9.17) is 10.2 Å². The van der Waals surface area contributed by atoms with Crippen LogP contribution in [-0.4, -0.2) is 123 Å². The molecule has 0 saturated heterocycles. The molecule has 0 aliphatic carbocycles. The third-order valence-corrected chi connectivity index (χ3v) is 6.25. The van der Waals surface area contributed by atoms with Crippen LogP contribution in [0.1, 0.15) is 6.42 Å². The summed E-state index contributed by atoms with van der Waals surface area (Å²) in [7, 11) is 0. The van der Waals surface area contributed by atoms with E-state index in [1.807, 2.05) is 0 Å². The number of anilines is 2. The van der Waals surface area contributed by atoms with Crippen LogP contribution in [0.2, 0.25) is 0 Å². The van der Waals surface area contributed by atoms with Gasteiger partial charge < -0.3 is 87.8 Å². The maximum Gasteiger partial charge on any atom is 0.330 e. The summed E-state index contributed by atoms with van der Waals surface area (Å²) in [5.74, 6) is -0.302. The molecule has 22 heteroatoms. The second-order valence-electron chi connectivity index (χ2n) is 9.21. The van der Waals surface area contributed by atoms with Gasteiger partial charge in [0.1, 0.15) is 24.4 Å². The highest BCUT2D eigenvalue weighted by Crippen LogP contribution is 2.09. The van der Waals surface area contributed by atoms with E-state index in [0.29, 0.717) is 0 Å². The Morgan fingerprint density at radius 1 is 0.628 bits per heavy atom. The van der Waals surface area contributed by atoms with Gasteiger partial charge in [0.25, 0.3) is 0 Å². The van der Waals surface area contributed by atoms with Crippen molar-refractivity contribution in [2.45, 2.75) is 56.1 Å². The van der Waals surface area contributed by atoms with Gasteiger partial charge in [-0.25, -0.2) is 9.59 Å². The Labute approximate surface area is 254 Å². The van der Waals surface area contributed by atoms with E-state index in [1.165, 1.54) is 0 Å². The van der Waals surface area contributed by atoms with Crippen LogP contribution in [0.4, 0.5) is 23.0 Å². The van der Waals surface area contributed by atoms with Gasteiger partial charge in [-0.1, -0.05) is 0 Å². The average Bonchev–Trinajstić information content (AvgIpc) is 2.96. The smallest absolute Gasteiger partial charge is 0.330 e. The van der Waals surface area contributed by atoms with Gasteiger partial charge in [-0.2, -0.15) is 0 Å². The number of aromatic nitrogens is 4. The quantitative estimate of drug-likeness (QED) is 0.0792. The van der Waals surface area contributed by atoms with Crippen molar-refractivity contribution in [3.8, 4) is 0 Å². The van der Waals surface area contributed by atoms with E-state index in [2.05, 4.69) is 32.1 Å². The summed E-state index contributed by atoms with van der Waals surface area (Å²) in [5, 5.41) is 80.7. The molecule has 43 heavy (non-hydrogen) atoms. The lowest BCUT2D eigenvalue weighted by atomic mass is 10.1. The first-order valence-electron chi connectivity index (χ1n) is 12.4. The number of quaternary nitrogens is 2. The molecule has 6 atom stereocenters. The maximum atomic E-state index is 12.7. The first kappa shape index (κ1) is 40.1. The predicted molar refractivity (Wildman–Crippen MR) is 140 cm³/mol. The van der Waals surface area contributed by atoms with E-state index in [-0.39, 0.29) is 67.3 Å². The third-order valence-electron chi connectivity index (χ3n) is 6.25. The molecule has 2 aromatic heterocycles. The molecule has 0 unspecified atom stereocenters. The summed E-state index contributed by atoms with van der Waals surface area (Å²) in [6.45, 7) is -2.86. The maximum absolute atomic E-state index is 12.7. The summed E-state index contributed by atoms with van der Waals surface area (Å²) in [5.41, 5.74) is 3.40. The first-order chi connectivity index (χ1) is 19.2. The Hall–Kier alpha value is -2.86. The molecule has 18 N–H and O–H groups in total. The Balaban J connectivity index is 0.00000882. The van der Waals surface area contributed by atoms with E-state index in [1.54, 1.807) is 0 Å². The van der Waals surface area contributed by atoms with E-state index < -0.39 is 85.4 Å². The van der Waals surface area contributed by atoms with Crippen LogP contribution in [0.25, 0.3) is 0 Å². The summed E-state index contributed by atoms with van der Waals surface area (Å²) in [4.78, 5) is 55.1. The zero-order chi connectivity index (χ0) is 31.0. The second kappa shape index (κ2) is 18.1. The van der Waals surface area contributed by atoms with Crippen LogP contribution in [0, 0.1) is 0 Å². The van der Waals surface area contributed by atoms with Crippen molar-refractivity contribution in [2.24, 2.45) is 0 Å². The number of halogens is 2. The number of nitrogens with zero attached hydrogens (tertiary/aromatic N) is 2. The highest BCUT2D eigenvalue weighted by molar-refractivity contribution is 5.53. The molecular weight excluding hydrogens is 627 g/mol. The predicted octanol–water partition coefficient (Wildman–Crippen LogP) is -14.8. The standard InChI is InChI=1S/C21H36N8O12.2ClH/c22-12-16(24-4-8(32)14(36)10(34)6-30)26-20(40)28(18(12)38)2-1-3-29-19(39)13(23)17(27-21(29)41)25-5-9(33)15(37)11(35)7-31;;/h8-11,14-15,24-25,30-37H,1-7,22-23H2,(H,26,40)(H,27,41);2*1H/t8-,9-,10+,11+,14-,15-;;/m0../s1. The molecule has 0 fully saturated rings. The van der Waals surface area contributed by atoms with Gasteiger partial charge in [-0.3, -0.25) is 28.7 Å². The van der Waals surface area contributed by atoms with Crippen molar-refractivity contribution in [3.63, 3.8) is 0 Å². The highest BCUT2D eigenvalue weighted by atomic mass is 35.5. The topological polar surface area (TPSA) is 351 Å². The average molecular weight is 665 g/mol. The van der Waals surface area contributed by atoms with Crippen molar-refractivity contribution >= 4 is 23.0 Å². The van der Waals surface area contributed by atoms with Crippen LogP contribution < -0.4 is 69.4 Å². The number of nitrogens with one attached hydrogen (secondary N) is 4. The van der Waals surface area contributed by atoms with E-state index in [9.17, 15) is 49.8 Å². The number of aliphatic hydroxyl groups is 8. The number of aliphatic hydroxyl groups excluding tert-OH is 8. The summed E-state index contributed by atoms with van der Waals surface area (Å²) >= 11 is 0. The molecule has 0 saturated carbocycles. The van der Waals surface area contributed by atoms with Crippen LogP contribution in [0.15, 0.2) is 19.2 Å². The van der Waals surface area contributed by atoms with Crippen molar-refractivity contribution in [3.05, 3.63) is 41.7 Å². The van der Waals surface area contributed by atoms with Crippen LogP contribution in [0.3, 0.4) is 0 Å². The number of H-pyrrole nitrogens is 2. The molecule has 0 radical (unpaired) electrons. The zero-order valence-electron chi connectivity index (χ0n) is 22.7. The number of hydrogen-bond donors (Lipinski definition) is 14. The fourth-order valence-electron chi connectivity index (χ4n) is 3.70. The third kappa shape index (κ3) is 10.1. The minimum Gasteiger partial charge on any atom is -1.00 e. The largest absolute Gasteiger partial charge is 1.00 e. The summed E-state index contributed by atoms with van der Waals surface area (Å²) in [6, 6.07) is 0. The summed E-state index contributed by atoms with van der Waals surface area (Å²) < 4.78 is 1.56. The lowest BCUT2D eigenvalue weighted by Gasteiger charge is -2.22. The molecule has 2 rings (SSSR count).